The number of halogens is 1. The van der Waals surface area contributed by atoms with E-state index in [1.165, 1.54) is 5.56 Å². The molecule has 1 aromatic rings. The van der Waals surface area contributed by atoms with Gasteiger partial charge in [-0.15, -0.1) is 0 Å². The number of aryl methyl sites for hydroxylation is 1. The molecule has 0 radical (unpaired) electrons. The van der Waals surface area contributed by atoms with Gasteiger partial charge in [-0.1, -0.05) is 23.7 Å². The molecule has 0 bridgehead atoms. The molecule has 3 heteroatoms. The zero-order valence-corrected chi connectivity index (χ0v) is 10.7. The van der Waals surface area contributed by atoms with E-state index >= 15 is 0 Å². The molecule has 1 aliphatic heterocycles. The summed E-state index contributed by atoms with van der Waals surface area (Å²) in [6.45, 7) is 8.60. The first-order valence-electron chi connectivity index (χ1n) is 5.86. The molecule has 1 saturated heterocycles. The lowest BCUT2D eigenvalue weighted by Crippen LogP contribution is -2.49. The number of nitrogens with zero attached hydrogens (tertiary/aromatic N) is 1. The van der Waals surface area contributed by atoms with E-state index in [1.54, 1.807) is 0 Å². The monoisotopic (exact) mass is 238 g/mol. The van der Waals surface area contributed by atoms with E-state index in [2.05, 4.69) is 35.3 Å². The lowest BCUT2D eigenvalue weighted by molar-refractivity contribution is 0.165. The van der Waals surface area contributed by atoms with Gasteiger partial charge in [0.05, 0.1) is 0 Å². The van der Waals surface area contributed by atoms with Crippen molar-refractivity contribution in [2.45, 2.75) is 26.4 Å². The van der Waals surface area contributed by atoms with Gasteiger partial charge in [0.15, 0.2) is 0 Å². The molecule has 0 saturated carbocycles. The third kappa shape index (κ3) is 2.76. The second-order valence-corrected chi connectivity index (χ2v) is 5.01. The van der Waals surface area contributed by atoms with E-state index in [1.807, 2.05) is 6.92 Å². The van der Waals surface area contributed by atoms with Gasteiger partial charge in [0.25, 0.3) is 0 Å². The van der Waals surface area contributed by atoms with Crippen molar-refractivity contribution in [3.63, 3.8) is 0 Å². The minimum atomic E-state index is 0.605. The maximum absolute atomic E-state index is 6.14. The molecule has 2 rings (SSSR count). The Morgan fingerprint density at radius 3 is 3.00 bits per heavy atom. The van der Waals surface area contributed by atoms with Gasteiger partial charge in [0.1, 0.15) is 0 Å². The Kier molecular flexibility index (Phi) is 3.85. The molecule has 1 N–H and O–H groups in total. The van der Waals surface area contributed by atoms with Gasteiger partial charge in [-0.2, -0.15) is 0 Å². The Labute approximate surface area is 103 Å². The number of benzene rings is 1. The van der Waals surface area contributed by atoms with E-state index in [4.69, 9.17) is 11.6 Å². The zero-order chi connectivity index (χ0) is 11.5. The molecule has 0 aromatic heterocycles. The predicted octanol–water partition coefficient (Wildman–Crippen LogP) is 2.44. The zero-order valence-electron chi connectivity index (χ0n) is 9.96. The van der Waals surface area contributed by atoms with Crippen LogP contribution < -0.4 is 5.32 Å². The summed E-state index contributed by atoms with van der Waals surface area (Å²) >= 11 is 6.14. The van der Waals surface area contributed by atoms with Gasteiger partial charge in [0.2, 0.25) is 0 Å². The molecule has 2 nitrogen and oxygen atoms in total. The van der Waals surface area contributed by atoms with Crippen LogP contribution in [0.1, 0.15) is 18.1 Å². The fourth-order valence-electron chi connectivity index (χ4n) is 2.09. The first kappa shape index (κ1) is 11.9. The summed E-state index contributed by atoms with van der Waals surface area (Å²) < 4.78 is 0. The van der Waals surface area contributed by atoms with Crippen LogP contribution in [0.3, 0.4) is 0 Å². The highest BCUT2D eigenvalue weighted by Crippen LogP contribution is 2.18. The van der Waals surface area contributed by atoms with Crippen molar-refractivity contribution in [3.05, 3.63) is 34.3 Å². The largest absolute Gasteiger partial charge is 0.314 e. The third-order valence-corrected chi connectivity index (χ3v) is 3.67. The van der Waals surface area contributed by atoms with Crippen LogP contribution in [0.2, 0.25) is 5.02 Å². The van der Waals surface area contributed by atoms with Crippen LogP contribution in [0.5, 0.6) is 0 Å². The summed E-state index contributed by atoms with van der Waals surface area (Å²) in [5.74, 6) is 0. The summed E-state index contributed by atoms with van der Waals surface area (Å²) in [6, 6.07) is 6.97. The normalized spacial score (nSPS) is 22.3. The lowest BCUT2D eigenvalue weighted by Gasteiger charge is -2.33. The maximum Gasteiger partial charge on any atom is 0.0438 e. The van der Waals surface area contributed by atoms with Gasteiger partial charge in [0, 0.05) is 37.2 Å². The summed E-state index contributed by atoms with van der Waals surface area (Å²) in [6.07, 6.45) is 0. The van der Waals surface area contributed by atoms with Crippen LogP contribution in [0.4, 0.5) is 0 Å². The molecule has 1 fully saturated rings. The van der Waals surface area contributed by atoms with Crippen molar-refractivity contribution in [2.75, 3.05) is 19.6 Å². The highest BCUT2D eigenvalue weighted by Gasteiger charge is 2.17. The number of nitrogens with one attached hydrogen (secondary N) is 1. The second kappa shape index (κ2) is 5.17. The summed E-state index contributed by atoms with van der Waals surface area (Å²) in [5.41, 5.74) is 2.46. The number of rotatable bonds is 2. The predicted molar refractivity (Wildman–Crippen MR) is 68.9 cm³/mol. The Morgan fingerprint density at radius 1 is 1.50 bits per heavy atom. The van der Waals surface area contributed by atoms with Crippen LogP contribution in [-0.2, 0) is 6.54 Å². The fraction of sp³-hybridized carbons (Fsp3) is 0.538. The van der Waals surface area contributed by atoms with E-state index in [0.29, 0.717) is 6.04 Å². The van der Waals surface area contributed by atoms with Crippen molar-refractivity contribution in [2.24, 2.45) is 0 Å². The van der Waals surface area contributed by atoms with Crippen LogP contribution in [0.25, 0.3) is 0 Å². The molecule has 1 aromatic carbocycles. The number of piperazine rings is 1. The molecule has 1 aliphatic rings. The lowest BCUT2D eigenvalue weighted by atomic mass is 10.1. The van der Waals surface area contributed by atoms with E-state index in [9.17, 15) is 0 Å². The summed E-state index contributed by atoms with van der Waals surface area (Å²) in [7, 11) is 0. The van der Waals surface area contributed by atoms with Crippen molar-refractivity contribution in [1.29, 1.82) is 0 Å². The van der Waals surface area contributed by atoms with Crippen molar-refractivity contribution < 1.29 is 0 Å². The average Bonchev–Trinajstić information content (AvgIpc) is 2.27. The molecule has 0 spiro atoms. The molecule has 88 valence electrons. The Hall–Kier alpha value is -0.570. The van der Waals surface area contributed by atoms with Gasteiger partial charge in [-0.3, -0.25) is 4.90 Å². The van der Waals surface area contributed by atoms with E-state index in [-0.39, 0.29) is 0 Å². The van der Waals surface area contributed by atoms with Crippen molar-refractivity contribution in [3.8, 4) is 0 Å². The van der Waals surface area contributed by atoms with Crippen molar-refractivity contribution in [1.82, 2.24) is 10.2 Å². The second-order valence-electron chi connectivity index (χ2n) is 4.61. The quantitative estimate of drug-likeness (QED) is 0.852. The Balaban J connectivity index is 2.05. The molecule has 1 atom stereocenters. The van der Waals surface area contributed by atoms with Gasteiger partial charge < -0.3 is 5.32 Å². The molecule has 0 unspecified atom stereocenters. The highest BCUT2D eigenvalue weighted by molar-refractivity contribution is 6.31. The van der Waals surface area contributed by atoms with Crippen LogP contribution in [0, 0.1) is 6.92 Å². The van der Waals surface area contributed by atoms with Crippen LogP contribution >= 0.6 is 11.6 Å². The van der Waals surface area contributed by atoms with E-state index in [0.717, 1.165) is 36.8 Å². The van der Waals surface area contributed by atoms with Gasteiger partial charge >= 0.3 is 0 Å². The number of hydrogen-bond donors (Lipinski definition) is 1. The first-order valence-corrected chi connectivity index (χ1v) is 6.24. The van der Waals surface area contributed by atoms with Gasteiger partial charge in [-0.05, 0) is 31.0 Å². The minimum absolute atomic E-state index is 0.605. The van der Waals surface area contributed by atoms with Gasteiger partial charge in [-0.25, -0.2) is 0 Å². The average molecular weight is 239 g/mol. The minimum Gasteiger partial charge on any atom is -0.314 e. The molecular weight excluding hydrogens is 220 g/mol. The molecule has 0 amide bonds. The third-order valence-electron chi connectivity index (χ3n) is 3.26. The van der Waals surface area contributed by atoms with Crippen LogP contribution in [0.15, 0.2) is 18.2 Å². The molecular formula is C13H19ClN2. The first-order chi connectivity index (χ1) is 7.66. The molecule has 1 heterocycles. The Morgan fingerprint density at radius 2 is 2.31 bits per heavy atom. The molecule has 16 heavy (non-hydrogen) atoms. The highest BCUT2D eigenvalue weighted by atomic mass is 35.5. The van der Waals surface area contributed by atoms with Crippen molar-refractivity contribution >= 4 is 11.6 Å². The fourth-order valence-corrected chi connectivity index (χ4v) is 2.29. The number of hydrogen-bond acceptors (Lipinski definition) is 2. The van der Waals surface area contributed by atoms with Crippen LogP contribution in [-0.4, -0.2) is 30.6 Å². The summed E-state index contributed by atoms with van der Waals surface area (Å²) in [4.78, 5) is 2.50. The Bertz CT molecular complexity index is 365. The maximum atomic E-state index is 6.14. The SMILES string of the molecule is Cc1ccc(CN2CCNC[C@H]2C)cc1Cl. The summed E-state index contributed by atoms with van der Waals surface area (Å²) in [5, 5.41) is 4.28. The van der Waals surface area contributed by atoms with E-state index < -0.39 is 0 Å². The standard InChI is InChI=1S/C13H19ClN2/c1-10-3-4-12(7-13(10)14)9-16-6-5-15-8-11(16)2/h3-4,7,11,15H,5-6,8-9H2,1-2H3/t11-/m1/s1. The topological polar surface area (TPSA) is 15.3 Å². The smallest absolute Gasteiger partial charge is 0.0438 e. The molecule has 0 aliphatic carbocycles.